The van der Waals surface area contributed by atoms with Gasteiger partial charge in [-0.25, -0.2) is 4.68 Å². The van der Waals surface area contributed by atoms with E-state index in [-0.39, 0.29) is 0 Å². The molecule has 0 amide bonds. The van der Waals surface area contributed by atoms with Crippen molar-refractivity contribution in [2.24, 2.45) is 5.92 Å². The number of nitrogen functional groups attached to an aromatic ring is 1. The van der Waals surface area contributed by atoms with Gasteiger partial charge in [0.1, 0.15) is 5.82 Å². The van der Waals surface area contributed by atoms with Crippen LogP contribution in [0.15, 0.2) is 0 Å². The molecule has 74 valence electrons. The number of nitrogens with zero attached hydrogens (tertiary/aromatic N) is 2. The summed E-state index contributed by atoms with van der Waals surface area (Å²) in [6.45, 7) is 7.33. The molecule has 0 bridgehead atoms. The van der Waals surface area contributed by atoms with E-state index in [0.29, 0.717) is 5.92 Å². The molecule has 1 aromatic heterocycles. The molecule has 3 nitrogen and oxygen atoms in total. The Morgan fingerprint density at radius 1 is 1.54 bits per heavy atom. The Morgan fingerprint density at radius 3 is 2.54 bits per heavy atom. The Hall–Kier alpha value is -0.260. The third-order valence-corrected chi connectivity index (χ3v) is 3.34. The molecule has 0 saturated carbocycles. The van der Waals surface area contributed by atoms with E-state index in [0.717, 1.165) is 28.0 Å². The molecule has 0 aliphatic carbocycles. The number of hydrogen-bond donors (Lipinski definition) is 1. The number of aromatic nitrogens is 2. The SMILES string of the molecule is Cc1nn(CCC(C)C)c(N)c1I. The van der Waals surface area contributed by atoms with Gasteiger partial charge in [-0.3, -0.25) is 0 Å². The monoisotopic (exact) mass is 293 g/mol. The van der Waals surface area contributed by atoms with Crippen molar-refractivity contribution in [3.05, 3.63) is 9.26 Å². The number of anilines is 1. The van der Waals surface area contributed by atoms with Gasteiger partial charge < -0.3 is 5.73 Å². The molecule has 0 spiro atoms. The van der Waals surface area contributed by atoms with Gasteiger partial charge in [-0.05, 0) is 41.9 Å². The lowest BCUT2D eigenvalue weighted by Gasteiger charge is -2.06. The largest absolute Gasteiger partial charge is 0.383 e. The zero-order valence-electron chi connectivity index (χ0n) is 8.34. The van der Waals surface area contributed by atoms with Crippen molar-refractivity contribution in [2.75, 3.05) is 5.73 Å². The van der Waals surface area contributed by atoms with Gasteiger partial charge in [0.05, 0.1) is 9.26 Å². The predicted molar refractivity (Wildman–Crippen MR) is 63.5 cm³/mol. The van der Waals surface area contributed by atoms with Crippen LogP contribution in [-0.4, -0.2) is 9.78 Å². The number of hydrogen-bond acceptors (Lipinski definition) is 2. The summed E-state index contributed by atoms with van der Waals surface area (Å²) in [5, 5.41) is 4.37. The summed E-state index contributed by atoms with van der Waals surface area (Å²) in [6, 6.07) is 0. The van der Waals surface area contributed by atoms with E-state index < -0.39 is 0 Å². The Morgan fingerprint density at radius 2 is 2.15 bits per heavy atom. The van der Waals surface area contributed by atoms with E-state index in [1.165, 1.54) is 0 Å². The molecule has 4 heteroatoms. The van der Waals surface area contributed by atoms with Crippen LogP contribution in [0.4, 0.5) is 5.82 Å². The molecule has 1 aromatic rings. The normalized spacial score (nSPS) is 11.2. The third-order valence-electron chi connectivity index (χ3n) is 2.01. The predicted octanol–water partition coefficient (Wildman–Crippen LogP) is 2.42. The van der Waals surface area contributed by atoms with Crippen LogP contribution in [0.25, 0.3) is 0 Å². The van der Waals surface area contributed by atoms with E-state index >= 15 is 0 Å². The van der Waals surface area contributed by atoms with Gasteiger partial charge in [-0.2, -0.15) is 5.10 Å². The summed E-state index contributed by atoms with van der Waals surface area (Å²) in [5.74, 6) is 1.50. The number of halogens is 1. The van der Waals surface area contributed by atoms with Gasteiger partial charge in [0.15, 0.2) is 0 Å². The maximum Gasteiger partial charge on any atom is 0.135 e. The van der Waals surface area contributed by atoms with E-state index in [2.05, 4.69) is 41.5 Å². The van der Waals surface area contributed by atoms with Crippen LogP contribution >= 0.6 is 22.6 Å². The lowest BCUT2D eigenvalue weighted by Crippen LogP contribution is -2.07. The van der Waals surface area contributed by atoms with Gasteiger partial charge in [0.25, 0.3) is 0 Å². The highest BCUT2D eigenvalue weighted by Crippen LogP contribution is 2.19. The molecular weight excluding hydrogens is 277 g/mol. The molecule has 1 rings (SSSR count). The molecule has 0 atom stereocenters. The van der Waals surface area contributed by atoms with Gasteiger partial charge in [0.2, 0.25) is 0 Å². The molecule has 0 fully saturated rings. The third kappa shape index (κ3) is 2.59. The van der Waals surface area contributed by atoms with Crippen LogP contribution in [0.1, 0.15) is 26.0 Å². The highest BCUT2D eigenvalue weighted by molar-refractivity contribution is 14.1. The molecule has 0 aromatic carbocycles. The quantitative estimate of drug-likeness (QED) is 0.870. The molecule has 0 saturated heterocycles. The van der Waals surface area contributed by atoms with Crippen LogP contribution in [0.5, 0.6) is 0 Å². The summed E-state index contributed by atoms with van der Waals surface area (Å²) < 4.78 is 2.98. The average Bonchev–Trinajstić information content (AvgIpc) is 2.29. The van der Waals surface area contributed by atoms with Crippen molar-refractivity contribution in [3.63, 3.8) is 0 Å². The molecule has 0 aliphatic rings. The van der Waals surface area contributed by atoms with Crippen molar-refractivity contribution in [2.45, 2.75) is 33.7 Å². The summed E-state index contributed by atoms with van der Waals surface area (Å²) in [7, 11) is 0. The van der Waals surface area contributed by atoms with Gasteiger partial charge in [-0.15, -0.1) is 0 Å². The molecule has 1 heterocycles. The Kier molecular flexibility index (Phi) is 3.58. The van der Waals surface area contributed by atoms with Crippen molar-refractivity contribution >= 4 is 28.4 Å². The fourth-order valence-corrected chi connectivity index (χ4v) is 1.51. The van der Waals surface area contributed by atoms with Crippen LogP contribution < -0.4 is 5.73 Å². The van der Waals surface area contributed by atoms with Crippen molar-refractivity contribution in [1.82, 2.24) is 9.78 Å². The maximum atomic E-state index is 5.88. The minimum Gasteiger partial charge on any atom is -0.383 e. The van der Waals surface area contributed by atoms with Gasteiger partial charge >= 0.3 is 0 Å². The Labute approximate surface area is 92.8 Å². The van der Waals surface area contributed by atoms with E-state index in [1.807, 2.05) is 11.6 Å². The zero-order chi connectivity index (χ0) is 10.0. The topological polar surface area (TPSA) is 43.8 Å². The Bertz CT molecular complexity index is 291. The summed E-state index contributed by atoms with van der Waals surface area (Å²) >= 11 is 2.24. The Balaban J connectivity index is 2.72. The lowest BCUT2D eigenvalue weighted by molar-refractivity contribution is 0.490. The second kappa shape index (κ2) is 4.30. The van der Waals surface area contributed by atoms with Crippen LogP contribution in [0.3, 0.4) is 0 Å². The van der Waals surface area contributed by atoms with Crippen LogP contribution in [-0.2, 0) is 6.54 Å². The summed E-state index contributed by atoms with van der Waals surface area (Å²) in [6.07, 6.45) is 1.13. The molecule has 2 N–H and O–H groups in total. The second-order valence-electron chi connectivity index (χ2n) is 3.69. The van der Waals surface area contributed by atoms with Gasteiger partial charge in [0, 0.05) is 6.54 Å². The summed E-state index contributed by atoms with van der Waals surface area (Å²) in [4.78, 5) is 0. The van der Waals surface area contributed by atoms with E-state index in [1.54, 1.807) is 0 Å². The van der Waals surface area contributed by atoms with Crippen LogP contribution in [0, 0.1) is 16.4 Å². The summed E-state index contributed by atoms with van der Waals surface area (Å²) in [5.41, 5.74) is 6.91. The lowest BCUT2D eigenvalue weighted by atomic mass is 10.1. The standard InChI is InChI=1S/C9H16IN3/c1-6(2)4-5-13-9(11)8(10)7(3)12-13/h6H,4-5,11H2,1-3H3. The fraction of sp³-hybridized carbons (Fsp3) is 0.667. The van der Waals surface area contributed by atoms with Crippen molar-refractivity contribution < 1.29 is 0 Å². The number of nitrogens with two attached hydrogens (primary N) is 1. The average molecular weight is 293 g/mol. The number of rotatable bonds is 3. The van der Waals surface area contributed by atoms with Crippen LogP contribution in [0.2, 0.25) is 0 Å². The zero-order valence-corrected chi connectivity index (χ0v) is 10.5. The maximum absolute atomic E-state index is 5.88. The first kappa shape index (κ1) is 10.8. The minimum atomic E-state index is 0.696. The van der Waals surface area contributed by atoms with Crippen molar-refractivity contribution in [3.8, 4) is 0 Å². The van der Waals surface area contributed by atoms with Crippen molar-refractivity contribution in [1.29, 1.82) is 0 Å². The smallest absolute Gasteiger partial charge is 0.135 e. The highest BCUT2D eigenvalue weighted by atomic mass is 127. The first-order chi connectivity index (χ1) is 6.02. The van der Waals surface area contributed by atoms with Gasteiger partial charge in [-0.1, -0.05) is 13.8 Å². The molecule has 0 aliphatic heterocycles. The molecular formula is C9H16IN3. The fourth-order valence-electron chi connectivity index (χ4n) is 1.13. The highest BCUT2D eigenvalue weighted by Gasteiger charge is 2.09. The first-order valence-electron chi connectivity index (χ1n) is 4.50. The first-order valence-corrected chi connectivity index (χ1v) is 5.58. The number of aryl methyl sites for hydroxylation is 2. The second-order valence-corrected chi connectivity index (χ2v) is 4.77. The minimum absolute atomic E-state index is 0.696. The molecule has 0 unspecified atom stereocenters. The molecule has 13 heavy (non-hydrogen) atoms. The van der Waals surface area contributed by atoms with E-state index in [4.69, 9.17) is 5.73 Å². The molecule has 0 radical (unpaired) electrons. The van der Waals surface area contributed by atoms with E-state index in [9.17, 15) is 0 Å².